The lowest BCUT2D eigenvalue weighted by Crippen LogP contribution is -2.43. The van der Waals surface area contributed by atoms with Gasteiger partial charge in [0.05, 0.1) is 0 Å². The van der Waals surface area contributed by atoms with Crippen LogP contribution in [0.1, 0.15) is 13.3 Å². The van der Waals surface area contributed by atoms with Crippen molar-refractivity contribution in [3.8, 4) is 0 Å². The predicted molar refractivity (Wildman–Crippen MR) is 60.8 cm³/mol. The maximum absolute atomic E-state index is 4.26. The Bertz CT molecular complexity index is 273. The van der Waals surface area contributed by atoms with Gasteiger partial charge < -0.3 is 10.2 Å². The zero-order valence-electron chi connectivity index (χ0n) is 8.73. The van der Waals surface area contributed by atoms with Gasteiger partial charge in [-0.25, -0.2) is 4.98 Å². The van der Waals surface area contributed by atoms with Crippen molar-refractivity contribution in [3.63, 3.8) is 0 Å². The Morgan fingerprint density at radius 3 is 3.14 bits per heavy atom. The summed E-state index contributed by atoms with van der Waals surface area (Å²) < 4.78 is 0. The predicted octanol–water partition coefficient (Wildman–Crippen LogP) is 1.90. The molecular formula is C10H17N3S. The smallest absolute Gasteiger partial charge is 0.182 e. The molecule has 0 spiro atoms. The molecule has 4 heteroatoms. The SMILES string of the molecule is CC1CN(C)CCC1Nc1nccs1. The second-order valence-corrected chi connectivity index (χ2v) is 5.01. The van der Waals surface area contributed by atoms with Gasteiger partial charge in [-0.05, 0) is 25.9 Å². The summed E-state index contributed by atoms with van der Waals surface area (Å²) in [6.45, 7) is 4.68. The lowest BCUT2D eigenvalue weighted by molar-refractivity contribution is 0.206. The van der Waals surface area contributed by atoms with Gasteiger partial charge >= 0.3 is 0 Å². The van der Waals surface area contributed by atoms with Crippen molar-refractivity contribution in [1.29, 1.82) is 0 Å². The fourth-order valence-corrected chi connectivity index (χ4v) is 2.61. The first-order chi connectivity index (χ1) is 6.75. The Balaban J connectivity index is 1.92. The number of hydrogen-bond acceptors (Lipinski definition) is 4. The normalized spacial score (nSPS) is 29.0. The standard InChI is InChI=1S/C10H17N3S/c1-8-7-13(2)5-3-9(8)12-10-11-4-6-14-10/h4,6,8-9H,3,5,7H2,1-2H3,(H,11,12). The molecule has 0 amide bonds. The molecular weight excluding hydrogens is 194 g/mol. The van der Waals surface area contributed by atoms with Crippen LogP contribution in [0.4, 0.5) is 5.13 Å². The molecule has 0 aromatic carbocycles. The fraction of sp³-hybridized carbons (Fsp3) is 0.700. The topological polar surface area (TPSA) is 28.2 Å². The number of anilines is 1. The summed E-state index contributed by atoms with van der Waals surface area (Å²) in [5.41, 5.74) is 0. The lowest BCUT2D eigenvalue weighted by atomic mass is 9.94. The number of nitrogens with one attached hydrogen (secondary N) is 1. The molecule has 1 aromatic rings. The molecule has 2 atom stereocenters. The first-order valence-corrected chi connectivity index (χ1v) is 5.98. The molecule has 1 aliphatic heterocycles. The van der Waals surface area contributed by atoms with Crippen molar-refractivity contribution >= 4 is 16.5 Å². The molecule has 1 N–H and O–H groups in total. The monoisotopic (exact) mass is 211 g/mol. The number of likely N-dealkylation sites (tertiary alicyclic amines) is 1. The highest BCUT2D eigenvalue weighted by Gasteiger charge is 2.24. The number of thiazole rings is 1. The minimum absolute atomic E-state index is 0.595. The molecule has 3 nitrogen and oxygen atoms in total. The van der Waals surface area contributed by atoms with Crippen LogP contribution < -0.4 is 5.32 Å². The van der Waals surface area contributed by atoms with Gasteiger partial charge in [-0.15, -0.1) is 11.3 Å². The summed E-state index contributed by atoms with van der Waals surface area (Å²) in [4.78, 5) is 6.65. The van der Waals surface area contributed by atoms with Gasteiger partial charge in [0.25, 0.3) is 0 Å². The molecule has 0 bridgehead atoms. The molecule has 14 heavy (non-hydrogen) atoms. The number of nitrogens with zero attached hydrogens (tertiary/aromatic N) is 2. The Labute approximate surface area is 89.1 Å². The fourth-order valence-electron chi connectivity index (χ4n) is 2.02. The van der Waals surface area contributed by atoms with Crippen LogP contribution >= 0.6 is 11.3 Å². The van der Waals surface area contributed by atoms with E-state index < -0.39 is 0 Å². The Kier molecular flexibility index (Phi) is 3.03. The first kappa shape index (κ1) is 9.93. The maximum Gasteiger partial charge on any atom is 0.182 e. The second-order valence-electron chi connectivity index (χ2n) is 4.12. The van der Waals surface area contributed by atoms with E-state index in [9.17, 15) is 0 Å². The molecule has 78 valence electrons. The van der Waals surface area contributed by atoms with Crippen molar-refractivity contribution in [2.24, 2.45) is 5.92 Å². The maximum atomic E-state index is 4.26. The zero-order chi connectivity index (χ0) is 9.97. The van der Waals surface area contributed by atoms with Gasteiger partial charge in [-0.1, -0.05) is 6.92 Å². The molecule has 0 saturated carbocycles. The molecule has 0 radical (unpaired) electrons. The summed E-state index contributed by atoms with van der Waals surface area (Å²) in [5.74, 6) is 0.706. The number of aromatic nitrogens is 1. The molecule has 1 fully saturated rings. The molecule has 1 aromatic heterocycles. The molecule has 2 heterocycles. The number of hydrogen-bond donors (Lipinski definition) is 1. The van der Waals surface area contributed by atoms with E-state index in [1.165, 1.54) is 19.5 Å². The summed E-state index contributed by atoms with van der Waals surface area (Å²) in [5, 5.41) is 6.59. The summed E-state index contributed by atoms with van der Waals surface area (Å²) in [6, 6.07) is 0.595. The Hall–Kier alpha value is -0.610. The highest BCUT2D eigenvalue weighted by molar-refractivity contribution is 7.13. The van der Waals surface area contributed by atoms with Crippen LogP contribution in [0.2, 0.25) is 0 Å². The minimum Gasteiger partial charge on any atom is -0.358 e. The van der Waals surface area contributed by atoms with Crippen LogP contribution in [0.25, 0.3) is 0 Å². The van der Waals surface area contributed by atoms with Crippen molar-refractivity contribution in [3.05, 3.63) is 11.6 Å². The van der Waals surface area contributed by atoms with E-state index in [1.54, 1.807) is 11.3 Å². The van der Waals surface area contributed by atoms with Crippen molar-refractivity contribution < 1.29 is 0 Å². The van der Waals surface area contributed by atoms with Crippen LogP contribution in [-0.4, -0.2) is 36.1 Å². The summed E-state index contributed by atoms with van der Waals surface area (Å²) >= 11 is 1.68. The highest BCUT2D eigenvalue weighted by atomic mass is 32.1. The van der Waals surface area contributed by atoms with Gasteiger partial charge in [0.2, 0.25) is 0 Å². The first-order valence-electron chi connectivity index (χ1n) is 5.10. The lowest BCUT2D eigenvalue weighted by Gasteiger charge is -2.35. The van der Waals surface area contributed by atoms with Crippen molar-refractivity contribution in [2.45, 2.75) is 19.4 Å². The van der Waals surface area contributed by atoms with Crippen molar-refractivity contribution in [1.82, 2.24) is 9.88 Å². The van der Waals surface area contributed by atoms with E-state index in [0.29, 0.717) is 12.0 Å². The molecule has 1 aliphatic rings. The average molecular weight is 211 g/mol. The third-order valence-electron chi connectivity index (χ3n) is 2.85. The van der Waals surface area contributed by atoms with E-state index in [-0.39, 0.29) is 0 Å². The van der Waals surface area contributed by atoms with Gasteiger partial charge in [0.15, 0.2) is 5.13 Å². The summed E-state index contributed by atoms with van der Waals surface area (Å²) in [6.07, 6.45) is 3.07. The largest absolute Gasteiger partial charge is 0.358 e. The average Bonchev–Trinajstić information content (AvgIpc) is 2.62. The van der Waals surface area contributed by atoms with Gasteiger partial charge in [-0.3, -0.25) is 0 Å². The minimum atomic E-state index is 0.595. The van der Waals surface area contributed by atoms with E-state index in [0.717, 1.165) is 5.13 Å². The third-order valence-corrected chi connectivity index (χ3v) is 3.55. The van der Waals surface area contributed by atoms with E-state index in [1.807, 2.05) is 11.6 Å². The van der Waals surface area contributed by atoms with Gasteiger partial charge in [0, 0.05) is 24.2 Å². The van der Waals surface area contributed by atoms with E-state index >= 15 is 0 Å². The van der Waals surface area contributed by atoms with Gasteiger partial charge in [-0.2, -0.15) is 0 Å². The van der Waals surface area contributed by atoms with Crippen LogP contribution in [0.3, 0.4) is 0 Å². The van der Waals surface area contributed by atoms with Crippen molar-refractivity contribution in [2.75, 3.05) is 25.5 Å². The molecule has 1 saturated heterocycles. The van der Waals surface area contributed by atoms with Crippen LogP contribution in [0, 0.1) is 5.92 Å². The van der Waals surface area contributed by atoms with Crippen LogP contribution in [-0.2, 0) is 0 Å². The van der Waals surface area contributed by atoms with E-state index in [4.69, 9.17) is 0 Å². The van der Waals surface area contributed by atoms with E-state index in [2.05, 4.69) is 29.2 Å². The van der Waals surface area contributed by atoms with Crippen LogP contribution in [0.5, 0.6) is 0 Å². The summed E-state index contributed by atoms with van der Waals surface area (Å²) in [7, 11) is 2.19. The second kappa shape index (κ2) is 4.28. The quantitative estimate of drug-likeness (QED) is 0.810. The molecule has 2 rings (SSSR count). The molecule has 0 aliphatic carbocycles. The zero-order valence-corrected chi connectivity index (χ0v) is 9.55. The Morgan fingerprint density at radius 1 is 1.64 bits per heavy atom. The Morgan fingerprint density at radius 2 is 2.50 bits per heavy atom. The third kappa shape index (κ3) is 2.25. The van der Waals surface area contributed by atoms with Gasteiger partial charge in [0.1, 0.15) is 0 Å². The number of rotatable bonds is 2. The number of piperidine rings is 1. The molecule has 2 unspecified atom stereocenters. The highest BCUT2D eigenvalue weighted by Crippen LogP contribution is 2.21. The van der Waals surface area contributed by atoms with Crippen LogP contribution in [0.15, 0.2) is 11.6 Å².